The molecule has 0 amide bonds. The summed E-state index contributed by atoms with van der Waals surface area (Å²) in [5.41, 5.74) is 0. The van der Waals surface area contributed by atoms with Crippen molar-refractivity contribution >= 4 is 5.97 Å². The third-order valence-electron chi connectivity index (χ3n) is 4.44. The van der Waals surface area contributed by atoms with Gasteiger partial charge in [0.15, 0.2) is 0 Å². The highest BCUT2D eigenvalue weighted by Gasteiger charge is 2.32. The van der Waals surface area contributed by atoms with Crippen LogP contribution in [0, 0.1) is 11.8 Å². The Morgan fingerprint density at radius 1 is 1.12 bits per heavy atom. The Balaban J connectivity index is 1.89. The molecule has 17 heavy (non-hydrogen) atoms. The fraction of sp³-hybridized carbons (Fsp3) is 0.929. The first-order valence-electron chi connectivity index (χ1n) is 7.12. The smallest absolute Gasteiger partial charge is 0.308 e. The van der Waals surface area contributed by atoms with Crippen LogP contribution in [-0.4, -0.2) is 25.7 Å². The molecule has 2 unspecified atom stereocenters. The molecule has 1 N–H and O–H groups in total. The summed E-state index contributed by atoms with van der Waals surface area (Å²) >= 11 is 0. The maximum Gasteiger partial charge on any atom is 0.308 e. The highest BCUT2D eigenvalue weighted by Crippen LogP contribution is 2.31. The molecule has 0 bridgehead atoms. The second-order valence-electron chi connectivity index (χ2n) is 5.56. The zero-order valence-electron chi connectivity index (χ0n) is 10.9. The van der Waals surface area contributed by atoms with E-state index in [4.69, 9.17) is 4.74 Å². The molecule has 1 heterocycles. The van der Waals surface area contributed by atoms with Crippen molar-refractivity contribution in [1.82, 2.24) is 5.32 Å². The largest absolute Gasteiger partial charge is 0.469 e. The van der Waals surface area contributed by atoms with Gasteiger partial charge in [-0.2, -0.15) is 0 Å². The van der Waals surface area contributed by atoms with Gasteiger partial charge in [0.2, 0.25) is 0 Å². The molecule has 3 heteroatoms. The van der Waals surface area contributed by atoms with E-state index in [0.29, 0.717) is 6.04 Å². The lowest BCUT2D eigenvalue weighted by Gasteiger charge is -2.34. The van der Waals surface area contributed by atoms with Gasteiger partial charge < -0.3 is 10.1 Å². The number of hydrogen-bond acceptors (Lipinski definition) is 3. The van der Waals surface area contributed by atoms with Gasteiger partial charge in [-0.25, -0.2) is 0 Å². The van der Waals surface area contributed by atoms with Crippen LogP contribution in [-0.2, 0) is 9.53 Å². The van der Waals surface area contributed by atoms with E-state index in [0.717, 1.165) is 25.3 Å². The average molecular weight is 239 g/mol. The van der Waals surface area contributed by atoms with E-state index in [9.17, 15) is 4.79 Å². The van der Waals surface area contributed by atoms with Crippen molar-refractivity contribution in [3.63, 3.8) is 0 Å². The predicted octanol–water partition coefficient (Wildman–Crippen LogP) is 2.50. The van der Waals surface area contributed by atoms with E-state index in [1.165, 1.54) is 45.6 Å². The molecule has 2 atom stereocenters. The molecule has 2 aliphatic rings. The number of nitrogens with one attached hydrogen (secondary N) is 1. The predicted molar refractivity (Wildman–Crippen MR) is 67.7 cm³/mol. The van der Waals surface area contributed by atoms with Gasteiger partial charge in [0, 0.05) is 6.04 Å². The lowest BCUT2D eigenvalue weighted by atomic mass is 9.82. The monoisotopic (exact) mass is 239 g/mol. The molecule has 3 nitrogen and oxygen atoms in total. The van der Waals surface area contributed by atoms with Gasteiger partial charge >= 0.3 is 5.97 Å². The Labute approximate surface area is 104 Å². The van der Waals surface area contributed by atoms with E-state index in [2.05, 4.69) is 5.32 Å². The third-order valence-corrected chi connectivity index (χ3v) is 4.44. The Morgan fingerprint density at radius 2 is 1.82 bits per heavy atom. The highest BCUT2D eigenvalue weighted by atomic mass is 16.5. The minimum atomic E-state index is -0.00915. The van der Waals surface area contributed by atoms with Crippen molar-refractivity contribution in [2.75, 3.05) is 13.7 Å². The number of rotatable bonds is 2. The number of esters is 1. The quantitative estimate of drug-likeness (QED) is 0.594. The Bertz CT molecular complexity index is 247. The molecule has 0 aromatic rings. The second kappa shape index (κ2) is 6.39. The fourth-order valence-electron chi connectivity index (χ4n) is 3.40. The zero-order chi connectivity index (χ0) is 12.1. The van der Waals surface area contributed by atoms with Crippen LogP contribution in [0.3, 0.4) is 0 Å². The summed E-state index contributed by atoms with van der Waals surface area (Å²) in [5.74, 6) is 0.907. The van der Waals surface area contributed by atoms with Crippen LogP contribution in [0.25, 0.3) is 0 Å². The molecule has 1 aliphatic heterocycles. The summed E-state index contributed by atoms with van der Waals surface area (Å²) in [4.78, 5) is 11.6. The first-order valence-corrected chi connectivity index (χ1v) is 7.12. The van der Waals surface area contributed by atoms with Crippen molar-refractivity contribution in [3.8, 4) is 0 Å². The van der Waals surface area contributed by atoms with Gasteiger partial charge in [-0.1, -0.05) is 25.7 Å². The fourth-order valence-corrected chi connectivity index (χ4v) is 3.40. The van der Waals surface area contributed by atoms with Crippen molar-refractivity contribution in [1.29, 1.82) is 0 Å². The molecule has 0 aromatic heterocycles. The standard InChI is InChI=1S/C14H25NO2/c1-17-14(16)12-8-9-15-13(10-12)11-6-4-2-3-5-7-11/h11-13,15H,2-10H2,1H3. The minimum absolute atomic E-state index is 0.00915. The van der Waals surface area contributed by atoms with E-state index < -0.39 is 0 Å². The van der Waals surface area contributed by atoms with Crippen molar-refractivity contribution in [2.24, 2.45) is 11.8 Å². The van der Waals surface area contributed by atoms with E-state index in [1.807, 2.05) is 0 Å². The summed E-state index contributed by atoms with van der Waals surface area (Å²) in [5, 5.41) is 3.62. The Kier molecular flexibility index (Phi) is 4.84. The molecule has 0 spiro atoms. The van der Waals surface area contributed by atoms with Crippen LogP contribution >= 0.6 is 0 Å². The molecule has 0 radical (unpaired) electrons. The third kappa shape index (κ3) is 3.44. The van der Waals surface area contributed by atoms with Gasteiger partial charge in [0.1, 0.15) is 0 Å². The first-order chi connectivity index (χ1) is 8.31. The second-order valence-corrected chi connectivity index (χ2v) is 5.56. The van der Waals surface area contributed by atoms with Crippen LogP contribution in [0.1, 0.15) is 51.4 Å². The average Bonchev–Trinajstić information content (AvgIpc) is 2.67. The number of carbonyl (C=O) groups is 1. The summed E-state index contributed by atoms with van der Waals surface area (Å²) in [7, 11) is 1.50. The first kappa shape index (κ1) is 12.9. The molecule has 1 aliphatic carbocycles. The van der Waals surface area contributed by atoms with E-state index in [-0.39, 0.29) is 11.9 Å². The molecule has 1 saturated heterocycles. The summed E-state index contributed by atoms with van der Waals surface area (Å²) in [6, 6.07) is 0.547. The Hall–Kier alpha value is -0.570. The van der Waals surface area contributed by atoms with Gasteiger partial charge in [-0.15, -0.1) is 0 Å². The van der Waals surface area contributed by atoms with Gasteiger partial charge in [-0.3, -0.25) is 4.79 Å². The van der Waals surface area contributed by atoms with Crippen molar-refractivity contribution < 1.29 is 9.53 Å². The number of piperidine rings is 1. The molecule has 2 rings (SSSR count). The lowest BCUT2D eigenvalue weighted by Crippen LogP contribution is -2.45. The van der Waals surface area contributed by atoms with Crippen LogP contribution in [0.5, 0.6) is 0 Å². The van der Waals surface area contributed by atoms with Crippen molar-refractivity contribution in [3.05, 3.63) is 0 Å². The Morgan fingerprint density at radius 3 is 2.47 bits per heavy atom. The van der Waals surface area contributed by atoms with Gasteiger partial charge in [0.05, 0.1) is 13.0 Å². The summed E-state index contributed by atoms with van der Waals surface area (Å²) in [6.45, 7) is 0.973. The summed E-state index contributed by atoms with van der Waals surface area (Å²) < 4.78 is 4.88. The number of ether oxygens (including phenoxy) is 1. The molecule has 2 fully saturated rings. The van der Waals surface area contributed by atoms with Crippen LogP contribution < -0.4 is 5.32 Å². The molecule has 1 saturated carbocycles. The van der Waals surface area contributed by atoms with E-state index >= 15 is 0 Å². The number of carbonyl (C=O) groups excluding carboxylic acids is 1. The lowest BCUT2D eigenvalue weighted by molar-refractivity contribution is -0.146. The minimum Gasteiger partial charge on any atom is -0.469 e. The van der Waals surface area contributed by atoms with E-state index in [1.54, 1.807) is 0 Å². The van der Waals surface area contributed by atoms with Crippen LogP contribution in [0.2, 0.25) is 0 Å². The topological polar surface area (TPSA) is 38.3 Å². The highest BCUT2D eigenvalue weighted by molar-refractivity contribution is 5.72. The number of methoxy groups -OCH3 is 1. The van der Waals surface area contributed by atoms with Gasteiger partial charge in [0.25, 0.3) is 0 Å². The SMILES string of the molecule is COC(=O)C1CCNC(C2CCCCCC2)C1. The molecular formula is C14H25NO2. The molecular weight excluding hydrogens is 214 g/mol. The maximum atomic E-state index is 11.6. The van der Waals surface area contributed by atoms with Crippen LogP contribution in [0.15, 0.2) is 0 Å². The summed E-state index contributed by atoms with van der Waals surface area (Å²) in [6.07, 6.45) is 10.1. The van der Waals surface area contributed by atoms with Crippen molar-refractivity contribution in [2.45, 2.75) is 57.4 Å². The molecule has 98 valence electrons. The normalized spacial score (nSPS) is 31.8. The van der Waals surface area contributed by atoms with Gasteiger partial charge in [-0.05, 0) is 38.1 Å². The molecule has 0 aromatic carbocycles. The zero-order valence-corrected chi connectivity index (χ0v) is 10.9. The van der Waals surface area contributed by atoms with Crippen LogP contribution in [0.4, 0.5) is 0 Å². The number of hydrogen-bond donors (Lipinski definition) is 1. The maximum absolute atomic E-state index is 11.6.